The summed E-state index contributed by atoms with van der Waals surface area (Å²) < 4.78 is 0. The van der Waals surface area contributed by atoms with Crippen LogP contribution in [-0.2, 0) is 0 Å². The Morgan fingerprint density at radius 2 is 2.29 bits per heavy atom. The van der Waals surface area contributed by atoms with Crippen molar-refractivity contribution < 1.29 is 4.79 Å². The van der Waals surface area contributed by atoms with E-state index in [2.05, 4.69) is 15.0 Å². The zero-order chi connectivity index (χ0) is 15.0. The Labute approximate surface area is 125 Å². The van der Waals surface area contributed by atoms with Gasteiger partial charge in [-0.25, -0.2) is 9.97 Å². The average Bonchev–Trinajstić information content (AvgIpc) is 3.05. The predicted octanol–water partition coefficient (Wildman–Crippen LogP) is 1.82. The summed E-state index contributed by atoms with van der Waals surface area (Å²) in [6.07, 6.45) is 1.72. The lowest BCUT2D eigenvalue weighted by molar-refractivity contribution is 0.0733. The summed E-state index contributed by atoms with van der Waals surface area (Å²) in [5, 5.41) is 0. The number of carbonyl (C=O) groups excluding carboxylic acids is 1. The van der Waals surface area contributed by atoms with Gasteiger partial charge in [-0.2, -0.15) is 0 Å². The van der Waals surface area contributed by atoms with E-state index < -0.39 is 0 Å². The second kappa shape index (κ2) is 5.40. The smallest absolute Gasteiger partial charge is 0.266 e. The maximum atomic E-state index is 12.7. The number of nitrogens with one attached hydrogen (secondary N) is 1. The second-order valence-electron chi connectivity index (χ2n) is 5.20. The first-order valence-corrected chi connectivity index (χ1v) is 7.73. The van der Waals surface area contributed by atoms with Gasteiger partial charge in [-0.05, 0) is 26.7 Å². The Morgan fingerprint density at radius 3 is 2.95 bits per heavy atom. The van der Waals surface area contributed by atoms with Crippen LogP contribution in [-0.4, -0.2) is 32.3 Å². The van der Waals surface area contributed by atoms with E-state index in [1.807, 2.05) is 6.92 Å². The number of amides is 1. The molecule has 0 aromatic carbocycles. The van der Waals surface area contributed by atoms with Gasteiger partial charge in [-0.3, -0.25) is 9.59 Å². The highest BCUT2D eigenvalue weighted by Gasteiger charge is 2.33. The highest BCUT2D eigenvalue weighted by atomic mass is 32.1. The summed E-state index contributed by atoms with van der Waals surface area (Å²) in [7, 11) is 0. The number of rotatable bonds is 2. The molecule has 1 aliphatic heterocycles. The van der Waals surface area contributed by atoms with Gasteiger partial charge in [0.15, 0.2) is 0 Å². The molecule has 6 nitrogen and oxygen atoms in total. The molecule has 110 valence electrons. The normalized spacial score (nSPS) is 18.2. The predicted molar refractivity (Wildman–Crippen MR) is 79.5 cm³/mol. The Kier molecular flexibility index (Phi) is 3.59. The second-order valence-corrected chi connectivity index (χ2v) is 6.05. The van der Waals surface area contributed by atoms with E-state index in [0.29, 0.717) is 22.9 Å². The zero-order valence-corrected chi connectivity index (χ0v) is 12.7. The fraction of sp³-hybridized carbons (Fsp3) is 0.429. The molecule has 1 N–H and O–H groups in total. The molecular formula is C14H16N4O2S. The first-order chi connectivity index (χ1) is 10.1. The fourth-order valence-electron chi connectivity index (χ4n) is 2.69. The van der Waals surface area contributed by atoms with Crippen LogP contribution in [0.2, 0.25) is 0 Å². The van der Waals surface area contributed by atoms with Crippen LogP contribution in [0.5, 0.6) is 0 Å². The summed E-state index contributed by atoms with van der Waals surface area (Å²) >= 11 is 1.35. The molecule has 7 heteroatoms. The average molecular weight is 304 g/mol. The van der Waals surface area contributed by atoms with Gasteiger partial charge in [0.05, 0.1) is 17.2 Å². The van der Waals surface area contributed by atoms with Crippen molar-refractivity contribution in [1.29, 1.82) is 0 Å². The lowest BCUT2D eigenvalue weighted by Gasteiger charge is -2.23. The SMILES string of the molecule is Cc1cc(=O)[nH]c([C@@H]2CCCN2C(=O)c2scnc2C)n1. The van der Waals surface area contributed by atoms with Crippen molar-refractivity contribution >= 4 is 17.2 Å². The van der Waals surface area contributed by atoms with Crippen molar-refractivity contribution in [1.82, 2.24) is 19.9 Å². The van der Waals surface area contributed by atoms with Gasteiger partial charge in [0.25, 0.3) is 11.5 Å². The summed E-state index contributed by atoms with van der Waals surface area (Å²) in [5.41, 5.74) is 2.93. The molecule has 1 aliphatic rings. The molecule has 2 aromatic heterocycles. The molecule has 0 spiro atoms. The van der Waals surface area contributed by atoms with E-state index in [4.69, 9.17) is 0 Å². The maximum Gasteiger partial charge on any atom is 0.266 e. The van der Waals surface area contributed by atoms with E-state index in [0.717, 1.165) is 18.5 Å². The Morgan fingerprint density at radius 1 is 1.48 bits per heavy atom. The minimum Gasteiger partial charge on any atom is -0.328 e. The number of aryl methyl sites for hydroxylation is 2. The number of H-pyrrole nitrogens is 1. The van der Waals surface area contributed by atoms with E-state index in [-0.39, 0.29) is 17.5 Å². The largest absolute Gasteiger partial charge is 0.328 e. The van der Waals surface area contributed by atoms with Gasteiger partial charge < -0.3 is 9.88 Å². The molecule has 2 aromatic rings. The number of aromatic nitrogens is 3. The van der Waals surface area contributed by atoms with E-state index in [9.17, 15) is 9.59 Å². The van der Waals surface area contributed by atoms with Gasteiger partial charge in [0.2, 0.25) is 0 Å². The fourth-order valence-corrected chi connectivity index (χ4v) is 3.45. The highest BCUT2D eigenvalue weighted by Crippen LogP contribution is 2.32. The molecule has 21 heavy (non-hydrogen) atoms. The van der Waals surface area contributed by atoms with Crippen molar-refractivity contribution in [3.8, 4) is 0 Å². The van der Waals surface area contributed by atoms with Crippen molar-refractivity contribution in [2.75, 3.05) is 6.54 Å². The lowest BCUT2D eigenvalue weighted by atomic mass is 10.2. The van der Waals surface area contributed by atoms with Gasteiger partial charge >= 0.3 is 0 Å². The molecule has 1 atom stereocenters. The molecule has 0 saturated carbocycles. The molecule has 0 bridgehead atoms. The van der Waals surface area contributed by atoms with E-state index >= 15 is 0 Å². The van der Waals surface area contributed by atoms with Crippen LogP contribution >= 0.6 is 11.3 Å². The molecular weight excluding hydrogens is 288 g/mol. The summed E-state index contributed by atoms with van der Waals surface area (Å²) in [6, 6.07) is 1.30. The molecule has 3 heterocycles. The van der Waals surface area contributed by atoms with Gasteiger partial charge in [-0.1, -0.05) is 0 Å². The first-order valence-electron chi connectivity index (χ1n) is 6.85. The maximum absolute atomic E-state index is 12.7. The summed E-state index contributed by atoms with van der Waals surface area (Å²) in [4.78, 5) is 38.0. The Balaban J connectivity index is 1.94. The quantitative estimate of drug-likeness (QED) is 0.918. The van der Waals surface area contributed by atoms with Crippen molar-refractivity contribution in [2.24, 2.45) is 0 Å². The van der Waals surface area contributed by atoms with E-state index in [1.165, 1.54) is 17.4 Å². The van der Waals surface area contributed by atoms with Crippen molar-refractivity contribution in [2.45, 2.75) is 32.7 Å². The van der Waals surface area contributed by atoms with Gasteiger partial charge in [0, 0.05) is 18.3 Å². The number of nitrogens with zero attached hydrogens (tertiary/aromatic N) is 3. The number of thiazole rings is 1. The molecule has 0 unspecified atom stereocenters. The number of hydrogen-bond acceptors (Lipinski definition) is 5. The minimum atomic E-state index is -0.175. The third kappa shape index (κ3) is 2.61. The number of hydrogen-bond donors (Lipinski definition) is 1. The van der Waals surface area contributed by atoms with Gasteiger partial charge in [0.1, 0.15) is 10.7 Å². The number of likely N-dealkylation sites (tertiary alicyclic amines) is 1. The van der Waals surface area contributed by atoms with Crippen molar-refractivity contribution in [3.63, 3.8) is 0 Å². The topological polar surface area (TPSA) is 79.0 Å². The third-order valence-electron chi connectivity index (χ3n) is 3.66. The third-order valence-corrected chi connectivity index (χ3v) is 4.57. The molecule has 0 aliphatic carbocycles. The molecule has 1 fully saturated rings. The van der Waals surface area contributed by atoms with Crippen LogP contribution in [0.15, 0.2) is 16.4 Å². The van der Waals surface area contributed by atoms with E-state index in [1.54, 1.807) is 17.3 Å². The molecule has 0 radical (unpaired) electrons. The van der Waals surface area contributed by atoms with Gasteiger partial charge in [-0.15, -0.1) is 11.3 Å². The number of aromatic amines is 1. The van der Waals surface area contributed by atoms with Crippen molar-refractivity contribution in [3.05, 3.63) is 44.0 Å². The lowest BCUT2D eigenvalue weighted by Crippen LogP contribution is -2.32. The first kappa shape index (κ1) is 13.9. The minimum absolute atomic E-state index is 0.0262. The monoisotopic (exact) mass is 304 g/mol. The van der Waals surface area contributed by atoms with Crippen LogP contribution in [0.3, 0.4) is 0 Å². The molecule has 1 saturated heterocycles. The summed E-state index contributed by atoms with van der Waals surface area (Å²) in [6.45, 7) is 4.30. The molecule has 1 amide bonds. The number of carbonyl (C=O) groups is 1. The Bertz CT molecular complexity index is 737. The summed E-state index contributed by atoms with van der Waals surface area (Å²) in [5.74, 6) is 0.551. The Hall–Kier alpha value is -2.02. The standard InChI is InChI=1S/C14H16N4O2S/c1-8-6-11(19)17-13(16-8)10-4-3-5-18(10)14(20)12-9(2)15-7-21-12/h6-7,10H,3-5H2,1-2H3,(H,16,17,19)/t10-/m0/s1. The van der Waals surface area contributed by atoms with Crippen LogP contribution in [0.25, 0.3) is 0 Å². The van der Waals surface area contributed by atoms with Crippen LogP contribution in [0.4, 0.5) is 0 Å². The van der Waals surface area contributed by atoms with Crippen LogP contribution < -0.4 is 5.56 Å². The van der Waals surface area contributed by atoms with Crippen LogP contribution in [0.1, 0.15) is 45.8 Å². The van der Waals surface area contributed by atoms with Crippen LogP contribution in [0, 0.1) is 13.8 Å². The molecule has 3 rings (SSSR count). The highest BCUT2D eigenvalue weighted by molar-refractivity contribution is 7.11. The zero-order valence-electron chi connectivity index (χ0n) is 11.9.